The quantitative estimate of drug-likeness (QED) is 0.0813. The lowest BCUT2D eigenvalue weighted by Gasteiger charge is -2.42. The fourth-order valence-electron chi connectivity index (χ4n) is 6.47. The first kappa shape index (κ1) is 32.5. The zero-order chi connectivity index (χ0) is 31.3. The molecule has 19 heteroatoms. The van der Waals surface area contributed by atoms with Crippen molar-refractivity contribution in [3.05, 3.63) is 20.9 Å². The molecule has 0 aromatic heterocycles. The van der Waals surface area contributed by atoms with Crippen molar-refractivity contribution in [3.8, 4) is 0 Å². The largest absolute Gasteiger partial charge is 0.389 e. The summed E-state index contributed by atoms with van der Waals surface area (Å²) in [4.78, 5) is 5.70. The lowest BCUT2D eigenvalue weighted by Crippen LogP contribution is -2.64. The Kier molecular flexibility index (Phi) is 9.43. The van der Waals surface area contributed by atoms with E-state index in [1.807, 2.05) is 0 Å². The van der Waals surface area contributed by atoms with Gasteiger partial charge in [-0.1, -0.05) is 10.2 Å². The van der Waals surface area contributed by atoms with Gasteiger partial charge in [0, 0.05) is 35.0 Å². The molecule has 0 amide bonds. The maximum atomic E-state index is 10.9. The number of nitrogens with zero attached hydrogens (tertiary/aromatic N) is 6. The molecule has 0 bridgehead atoms. The van der Waals surface area contributed by atoms with Crippen LogP contribution in [-0.4, -0.2) is 142 Å². The summed E-state index contributed by atoms with van der Waals surface area (Å²) in [5, 5.41) is 67.1. The number of aliphatic hydroxyl groups is 5. The molecular formula is C24H40N8O11. The van der Waals surface area contributed by atoms with E-state index in [0.29, 0.717) is 0 Å². The highest BCUT2D eigenvalue weighted by molar-refractivity contribution is 5.04. The van der Waals surface area contributed by atoms with Crippen molar-refractivity contribution in [1.29, 1.82) is 0 Å². The third-order valence-corrected chi connectivity index (χ3v) is 8.44. The van der Waals surface area contributed by atoms with Gasteiger partial charge in [0.05, 0.1) is 48.7 Å². The van der Waals surface area contributed by atoms with E-state index >= 15 is 0 Å². The minimum Gasteiger partial charge on any atom is -0.389 e. The van der Waals surface area contributed by atoms with Crippen LogP contribution >= 0.6 is 0 Å². The number of hydrogen-bond acceptors (Lipinski definition) is 15. The Morgan fingerprint density at radius 1 is 0.721 bits per heavy atom. The number of hydrogen-bond donors (Lipinski definition) is 7. The molecule has 43 heavy (non-hydrogen) atoms. The van der Waals surface area contributed by atoms with Gasteiger partial charge in [-0.25, -0.2) is 0 Å². The first-order chi connectivity index (χ1) is 20.2. The van der Waals surface area contributed by atoms with E-state index in [9.17, 15) is 25.5 Å². The van der Waals surface area contributed by atoms with Gasteiger partial charge in [-0.05, 0) is 45.2 Å². The summed E-state index contributed by atoms with van der Waals surface area (Å²) in [7, 11) is 0. The minimum absolute atomic E-state index is 0.0900. The molecule has 0 radical (unpaired) electrons. The van der Waals surface area contributed by atoms with Gasteiger partial charge < -0.3 is 64.6 Å². The smallest absolute Gasteiger partial charge is 0.188 e. The summed E-state index contributed by atoms with van der Waals surface area (Å²) in [6.07, 6.45) is -11.7. The molecule has 0 aromatic rings. The van der Waals surface area contributed by atoms with Crippen molar-refractivity contribution in [2.75, 3.05) is 13.1 Å². The van der Waals surface area contributed by atoms with Crippen LogP contribution in [0, 0.1) is 0 Å². The highest BCUT2D eigenvalue weighted by atomic mass is 16.8. The number of fused-ring (bicyclic) bond motifs is 2. The number of aliphatic hydroxyl groups excluding tert-OH is 5. The van der Waals surface area contributed by atoms with Crippen molar-refractivity contribution in [1.82, 2.24) is 10.6 Å². The molecule has 4 saturated heterocycles. The summed E-state index contributed by atoms with van der Waals surface area (Å²) < 4.78 is 34.5. The van der Waals surface area contributed by atoms with Gasteiger partial charge in [0.25, 0.3) is 0 Å². The highest BCUT2D eigenvalue weighted by Gasteiger charge is 2.57. The Hall–Kier alpha value is -1.90. The zero-order valence-corrected chi connectivity index (χ0v) is 24.2. The number of rotatable bonds is 10. The van der Waals surface area contributed by atoms with Crippen LogP contribution in [0.1, 0.15) is 34.1 Å². The van der Waals surface area contributed by atoms with Crippen LogP contribution in [0.5, 0.6) is 0 Å². The molecule has 1 aliphatic carbocycles. The van der Waals surface area contributed by atoms with E-state index in [2.05, 4.69) is 30.7 Å². The molecule has 242 valence electrons. The second-order valence-corrected chi connectivity index (χ2v) is 12.4. The normalized spacial score (nSPS) is 45.9. The van der Waals surface area contributed by atoms with Gasteiger partial charge in [0.2, 0.25) is 0 Å². The molecule has 0 aromatic carbocycles. The fraction of sp³-hybridized carbons (Fsp3) is 1.00. The molecular weight excluding hydrogens is 576 g/mol. The summed E-state index contributed by atoms with van der Waals surface area (Å²) in [5.74, 6) is -1.90. The zero-order valence-electron chi connectivity index (χ0n) is 24.2. The summed E-state index contributed by atoms with van der Waals surface area (Å²) in [5.41, 5.74) is 18.1. The van der Waals surface area contributed by atoms with Crippen LogP contribution in [-0.2, 0) is 28.4 Å². The van der Waals surface area contributed by atoms with Crippen molar-refractivity contribution in [2.24, 2.45) is 10.2 Å². The Morgan fingerprint density at radius 3 is 1.49 bits per heavy atom. The second kappa shape index (κ2) is 12.5. The van der Waals surface area contributed by atoms with E-state index in [4.69, 9.17) is 39.5 Å². The van der Waals surface area contributed by atoms with Gasteiger partial charge in [-0.15, -0.1) is 0 Å². The lowest BCUT2D eigenvalue weighted by molar-refractivity contribution is -0.215. The Bertz CT molecular complexity index is 1030. The molecule has 5 fully saturated rings. The molecule has 19 nitrogen and oxygen atoms in total. The van der Waals surface area contributed by atoms with E-state index in [0.717, 1.165) is 0 Å². The average Bonchev–Trinajstić information content (AvgIpc) is 3.62. The lowest BCUT2D eigenvalue weighted by atomic mass is 9.83. The second-order valence-electron chi connectivity index (χ2n) is 12.4. The Balaban J connectivity index is 1.16. The highest BCUT2D eigenvalue weighted by Crippen LogP contribution is 2.41. The van der Waals surface area contributed by atoms with E-state index in [1.54, 1.807) is 27.7 Å². The third-order valence-electron chi connectivity index (χ3n) is 8.44. The Morgan fingerprint density at radius 2 is 1.12 bits per heavy atom. The monoisotopic (exact) mass is 616 g/mol. The van der Waals surface area contributed by atoms with Crippen molar-refractivity contribution in [2.45, 2.75) is 137 Å². The molecule has 5 rings (SSSR count). The van der Waals surface area contributed by atoms with E-state index in [1.165, 1.54) is 0 Å². The predicted octanol–water partition coefficient (Wildman–Crippen LogP) is -1.78. The van der Waals surface area contributed by atoms with Gasteiger partial charge >= 0.3 is 0 Å². The summed E-state index contributed by atoms with van der Waals surface area (Å²) >= 11 is 0. The predicted molar refractivity (Wildman–Crippen MR) is 141 cm³/mol. The summed E-state index contributed by atoms with van der Waals surface area (Å²) in [6, 6.07) is -3.34. The minimum atomic E-state index is -1.55. The fourth-order valence-corrected chi connectivity index (χ4v) is 6.47. The van der Waals surface area contributed by atoms with Gasteiger partial charge in [0.15, 0.2) is 24.2 Å². The van der Waals surface area contributed by atoms with Crippen molar-refractivity contribution >= 4 is 0 Å². The third kappa shape index (κ3) is 6.57. The maximum Gasteiger partial charge on any atom is 0.188 e. The average molecular weight is 617 g/mol. The topological polar surface area (TPSA) is 278 Å². The van der Waals surface area contributed by atoms with Crippen LogP contribution in [0.15, 0.2) is 10.2 Å². The van der Waals surface area contributed by atoms with Crippen LogP contribution in [0.3, 0.4) is 0 Å². The molecule has 1 saturated carbocycles. The molecule has 7 N–H and O–H groups in total. The Labute approximate surface area is 246 Å². The SMILES string of the molecule is CC1(C)O[C@H]2O[C@H]([C@H](O)CN[C@H]3C[C@@H](NC[C@H](O)[C@H]4O[C@@H]5OC(C)(C)O[C@@H]5[C@H]4N=[N+]=[N-])[C@H](O)C(O)[C@@H]3O)[C@H](N=[N+]=[N-])[C@H]2O1. The van der Waals surface area contributed by atoms with Crippen molar-refractivity contribution in [3.63, 3.8) is 0 Å². The van der Waals surface area contributed by atoms with Crippen LogP contribution < -0.4 is 10.6 Å². The molecule has 4 heterocycles. The van der Waals surface area contributed by atoms with E-state index in [-0.39, 0.29) is 19.5 Å². The standard InChI is InChI=1S/C24H40N8O11/c1-23(2)40-19-12(29-31-25)17(38-21(19)42-23)10(33)6-27-8-5-9(15(36)16(37)14(8)35)28-7-11(34)18-13(30-32-26)20-22(39-18)43-24(3,4)41-20/h8-22,27-28,33-37H,5-7H2,1-4H3/t8-,9+,10+,11-,12-,13-,14+,15-,16?,17+,18+,19+,20+,21+,22+/m0/s1. The first-order valence-corrected chi connectivity index (χ1v) is 14.2. The number of ether oxygens (including phenoxy) is 6. The summed E-state index contributed by atoms with van der Waals surface area (Å²) in [6.45, 7) is 6.50. The molecule has 5 aliphatic rings. The van der Waals surface area contributed by atoms with E-state index < -0.39 is 103 Å². The van der Waals surface area contributed by atoms with Crippen molar-refractivity contribution < 1.29 is 54.0 Å². The van der Waals surface area contributed by atoms with Gasteiger partial charge in [-0.3, -0.25) is 0 Å². The van der Waals surface area contributed by atoms with Crippen LogP contribution in [0.4, 0.5) is 0 Å². The van der Waals surface area contributed by atoms with Gasteiger partial charge in [0.1, 0.15) is 18.3 Å². The maximum absolute atomic E-state index is 10.9. The number of nitrogens with one attached hydrogen (secondary N) is 2. The molecule has 15 atom stereocenters. The van der Waals surface area contributed by atoms with Crippen LogP contribution in [0.2, 0.25) is 0 Å². The van der Waals surface area contributed by atoms with Crippen LogP contribution in [0.25, 0.3) is 20.9 Å². The molecule has 1 unspecified atom stereocenters. The molecule has 4 aliphatic heterocycles. The number of azide groups is 2. The first-order valence-electron chi connectivity index (χ1n) is 14.2. The van der Waals surface area contributed by atoms with Gasteiger partial charge in [-0.2, -0.15) is 0 Å². The molecule has 0 spiro atoms.